The smallest absolute Gasteiger partial charge is 0.127 e. The van der Waals surface area contributed by atoms with E-state index in [-0.39, 0.29) is 0 Å². The Kier molecular flexibility index (Phi) is 12.9. The molecular weight excluding hydrogens is 494 g/mol. The molecule has 2 aliphatic heterocycles. The lowest BCUT2D eigenvalue weighted by Gasteiger charge is -2.37. The Morgan fingerprint density at radius 2 is 1.62 bits per heavy atom. The number of piperazine rings is 1. The van der Waals surface area contributed by atoms with Crippen LogP contribution >= 0.6 is 0 Å². The molecule has 0 bridgehead atoms. The highest BCUT2D eigenvalue weighted by atomic mass is 15.3. The molecule has 0 amide bonds. The average molecular weight is 550 g/mol. The summed E-state index contributed by atoms with van der Waals surface area (Å²) in [5, 5.41) is 10.9. The quantitative estimate of drug-likeness (QED) is 0.263. The number of unbranched alkanes of at least 4 members (excludes halogenated alkanes) is 1. The van der Waals surface area contributed by atoms with Crippen LogP contribution in [0.1, 0.15) is 89.2 Å². The lowest BCUT2D eigenvalue weighted by Crippen LogP contribution is -2.46. The van der Waals surface area contributed by atoms with E-state index in [1.807, 2.05) is 0 Å². The number of nitrogens with two attached hydrogens (primary N) is 1. The first kappa shape index (κ1) is 30.6. The fraction of sp³-hybridized carbons (Fsp3) is 0.667. The zero-order valence-electron chi connectivity index (χ0n) is 25.3. The molecule has 1 aliphatic carbocycles. The maximum Gasteiger partial charge on any atom is 0.127 e. The normalized spacial score (nSPS) is 24.1. The maximum atomic E-state index is 6.40. The molecule has 40 heavy (non-hydrogen) atoms. The van der Waals surface area contributed by atoms with E-state index >= 15 is 0 Å². The molecule has 222 valence electrons. The summed E-state index contributed by atoms with van der Waals surface area (Å²) in [4.78, 5) is 9.85. The number of benzene rings is 1. The van der Waals surface area contributed by atoms with Gasteiger partial charge in [0.1, 0.15) is 11.7 Å². The predicted octanol–water partition coefficient (Wildman–Crippen LogP) is 4.86. The van der Waals surface area contributed by atoms with E-state index in [9.17, 15) is 0 Å². The van der Waals surface area contributed by atoms with Gasteiger partial charge in [-0.15, -0.1) is 0 Å². The molecule has 1 saturated heterocycles. The second-order valence-electron chi connectivity index (χ2n) is 12.0. The van der Waals surface area contributed by atoms with Crippen molar-refractivity contribution in [3.05, 3.63) is 58.6 Å². The number of allylic oxidation sites excluding steroid dienone is 2. The van der Waals surface area contributed by atoms with Gasteiger partial charge in [0.15, 0.2) is 0 Å². The highest BCUT2D eigenvalue weighted by Gasteiger charge is 2.20. The van der Waals surface area contributed by atoms with Gasteiger partial charge < -0.3 is 26.6 Å². The molecule has 0 unspecified atom stereocenters. The van der Waals surface area contributed by atoms with Crippen LogP contribution in [0.5, 0.6) is 0 Å². The highest BCUT2D eigenvalue weighted by molar-refractivity contribution is 5.83. The molecule has 7 nitrogen and oxygen atoms in total. The Hall–Kier alpha value is -2.35. The van der Waals surface area contributed by atoms with Gasteiger partial charge in [0.25, 0.3) is 0 Å². The van der Waals surface area contributed by atoms with E-state index in [4.69, 9.17) is 10.7 Å². The number of hydrogen-bond acceptors (Lipinski definition) is 7. The summed E-state index contributed by atoms with van der Waals surface area (Å²) < 4.78 is 0. The molecular formula is C33H55N7. The molecule has 0 atom stereocenters. The summed E-state index contributed by atoms with van der Waals surface area (Å²) in [5.74, 6) is 1.57. The van der Waals surface area contributed by atoms with Crippen molar-refractivity contribution in [1.82, 2.24) is 25.8 Å². The number of aliphatic imine (C=N–C) groups is 1. The Labute approximate surface area is 243 Å². The fourth-order valence-corrected chi connectivity index (χ4v) is 6.06. The lowest BCUT2D eigenvalue weighted by molar-refractivity contribution is 0.159. The molecule has 1 aromatic carbocycles. The van der Waals surface area contributed by atoms with Crippen LogP contribution in [0.4, 0.5) is 0 Å². The minimum absolute atomic E-state index is 0.598. The third-order valence-corrected chi connectivity index (χ3v) is 8.68. The average Bonchev–Trinajstić information content (AvgIpc) is 2.98. The number of nitrogens with zero attached hydrogens (tertiary/aromatic N) is 3. The topological polar surface area (TPSA) is 81.0 Å². The van der Waals surface area contributed by atoms with Crippen LogP contribution in [0.25, 0.3) is 0 Å². The van der Waals surface area contributed by atoms with Crippen molar-refractivity contribution < 1.29 is 0 Å². The SMILES string of the molecule is CCCCN1CCN(C2=C(\C)CC/C(NCc3ccc(CNCCCNC4CCCCC4)cc3)=N/C(N)=C\2)CC1. The molecule has 7 heteroatoms. The van der Waals surface area contributed by atoms with Gasteiger partial charge in [-0.05, 0) is 75.4 Å². The van der Waals surface area contributed by atoms with Crippen LogP contribution in [-0.4, -0.2) is 67.5 Å². The molecule has 2 fully saturated rings. The van der Waals surface area contributed by atoms with Gasteiger partial charge in [-0.25, -0.2) is 4.99 Å². The van der Waals surface area contributed by atoms with E-state index in [0.29, 0.717) is 5.82 Å². The second-order valence-corrected chi connectivity index (χ2v) is 12.0. The van der Waals surface area contributed by atoms with E-state index < -0.39 is 0 Å². The van der Waals surface area contributed by atoms with Gasteiger partial charge in [0, 0.05) is 63.5 Å². The standard InChI is InChI=1S/C33H55N7/c1-3-4-19-39-20-22-40(23-21-39)31-24-32(34)38-33(16-11-27(31)2)37-26-29-14-12-28(13-15-29)25-35-17-8-18-36-30-9-6-5-7-10-30/h12-15,24,30,35-36H,3-11,16-23,25-26,34H2,1-2H3,(H,37,38)/b31-27+,32-24-. The van der Waals surface area contributed by atoms with Crippen LogP contribution in [-0.2, 0) is 13.1 Å². The lowest BCUT2D eigenvalue weighted by atomic mass is 9.95. The Bertz CT molecular complexity index is 967. The van der Waals surface area contributed by atoms with Crippen molar-refractivity contribution in [1.29, 1.82) is 0 Å². The van der Waals surface area contributed by atoms with Crippen molar-refractivity contribution in [3.8, 4) is 0 Å². The molecule has 1 aromatic rings. The van der Waals surface area contributed by atoms with Gasteiger partial charge in [-0.2, -0.15) is 0 Å². The monoisotopic (exact) mass is 549 g/mol. The Balaban J connectivity index is 1.16. The third-order valence-electron chi connectivity index (χ3n) is 8.68. The Morgan fingerprint density at radius 3 is 2.35 bits per heavy atom. The predicted molar refractivity (Wildman–Crippen MR) is 169 cm³/mol. The number of rotatable bonds is 13. The number of hydrogen-bond donors (Lipinski definition) is 4. The van der Waals surface area contributed by atoms with Crippen molar-refractivity contribution in [2.24, 2.45) is 10.7 Å². The third kappa shape index (κ3) is 10.2. The van der Waals surface area contributed by atoms with Gasteiger partial charge in [-0.1, -0.05) is 56.9 Å². The van der Waals surface area contributed by atoms with Gasteiger partial charge in [0.2, 0.25) is 0 Å². The largest absolute Gasteiger partial charge is 0.384 e. The van der Waals surface area contributed by atoms with Crippen molar-refractivity contribution in [3.63, 3.8) is 0 Å². The van der Waals surface area contributed by atoms with Gasteiger partial charge in [0.05, 0.1) is 0 Å². The van der Waals surface area contributed by atoms with Crippen LogP contribution in [0, 0.1) is 0 Å². The number of nitrogens with one attached hydrogen (secondary N) is 3. The van der Waals surface area contributed by atoms with Gasteiger partial charge >= 0.3 is 0 Å². The molecule has 2 heterocycles. The minimum atomic E-state index is 0.598. The summed E-state index contributed by atoms with van der Waals surface area (Å²) in [7, 11) is 0. The molecule has 0 aromatic heterocycles. The number of amidine groups is 1. The zero-order valence-corrected chi connectivity index (χ0v) is 25.3. The van der Waals surface area contributed by atoms with E-state index in [2.05, 4.69) is 69.9 Å². The van der Waals surface area contributed by atoms with Crippen molar-refractivity contribution in [2.75, 3.05) is 45.8 Å². The zero-order chi connectivity index (χ0) is 28.0. The molecule has 0 radical (unpaired) electrons. The van der Waals surface area contributed by atoms with Crippen LogP contribution in [0.15, 0.2) is 52.4 Å². The summed E-state index contributed by atoms with van der Waals surface area (Å²) in [6.07, 6.45) is 14.7. The van der Waals surface area contributed by atoms with Crippen LogP contribution in [0.2, 0.25) is 0 Å². The molecule has 4 rings (SSSR count). The van der Waals surface area contributed by atoms with Gasteiger partial charge in [-0.3, -0.25) is 4.90 Å². The highest BCUT2D eigenvalue weighted by Crippen LogP contribution is 2.22. The summed E-state index contributed by atoms with van der Waals surface area (Å²) >= 11 is 0. The first-order chi connectivity index (χ1) is 19.6. The van der Waals surface area contributed by atoms with E-state index in [1.165, 1.54) is 80.3 Å². The van der Waals surface area contributed by atoms with Crippen molar-refractivity contribution >= 4 is 5.84 Å². The Morgan fingerprint density at radius 1 is 0.900 bits per heavy atom. The summed E-state index contributed by atoms with van der Waals surface area (Å²) in [6, 6.07) is 9.68. The first-order valence-corrected chi connectivity index (χ1v) is 16.1. The summed E-state index contributed by atoms with van der Waals surface area (Å²) in [5.41, 5.74) is 11.7. The minimum Gasteiger partial charge on any atom is -0.384 e. The molecule has 1 saturated carbocycles. The molecule has 3 aliphatic rings. The molecule has 5 N–H and O–H groups in total. The fourth-order valence-electron chi connectivity index (χ4n) is 6.06. The van der Waals surface area contributed by atoms with Crippen molar-refractivity contribution in [2.45, 2.75) is 97.2 Å². The van der Waals surface area contributed by atoms with Crippen LogP contribution in [0.3, 0.4) is 0 Å². The second kappa shape index (κ2) is 16.8. The van der Waals surface area contributed by atoms with Crippen LogP contribution < -0.4 is 21.7 Å². The van der Waals surface area contributed by atoms with E-state index in [0.717, 1.165) is 77.1 Å². The maximum absolute atomic E-state index is 6.40. The molecule has 0 spiro atoms. The van der Waals surface area contributed by atoms with E-state index in [1.54, 1.807) is 0 Å². The summed E-state index contributed by atoms with van der Waals surface area (Å²) in [6.45, 7) is 14.0. The first-order valence-electron chi connectivity index (χ1n) is 16.1.